The molecule has 0 aliphatic carbocycles. The van der Waals surface area contributed by atoms with E-state index in [1.807, 2.05) is 48.7 Å². The fraction of sp³-hybridized carbons (Fsp3) is 0.235. The van der Waals surface area contributed by atoms with E-state index in [1.54, 1.807) is 17.4 Å². The molecule has 20 heavy (non-hydrogen) atoms. The smallest absolute Gasteiger partial charge is 0.244 e. The molecule has 0 fully saturated rings. The molecule has 1 N–H and O–H groups in total. The molecule has 1 aromatic heterocycles. The summed E-state index contributed by atoms with van der Waals surface area (Å²) in [6, 6.07) is 14.5. The standard InChI is InChI=1S/C17H19NOS/c1-14(9-10-15-6-3-2-4-7-15)18-17(19)12-11-16-8-5-13-20-16/h2-8,11-14H,9-10H2,1H3,(H,18,19)/b12-11+/t14-/m1/s1. The van der Waals surface area contributed by atoms with Gasteiger partial charge in [0.25, 0.3) is 0 Å². The van der Waals surface area contributed by atoms with Crippen LogP contribution in [0.25, 0.3) is 6.08 Å². The van der Waals surface area contributed by atoms with Crippen molar-refractivity contribution < 1.29 is 4.79 Å². The molecule has 0 unspecified atom stereocenters. The first-order valence-electron chi connectivity index (χ1n) is 6.80. The molecule has 1 aromatic carbocycles. The summed E-state index contributed by atoms with van der Waals surface area (Å²) in [6.45, 7) is 2.04. The van der Waals surface area contributed by atoms with Crippen molar-refractivity contribution in [1.82, 2.24) is 5.32 Å². The minimum atomic E-state index is -0.0287. The fourth-order valence-electron chi connectivity index (χ4n) is 1.93. The van der Waals surface area contributed by atoms with Gasteiger partial charge in [-0.15, -0.1) is 11.3 Å². The molecule has 3 heteroatoms. The molecule has 1 amide bonds. The number of hydrogen-bond donors (Lipinski definition) is 1. The van der Waals surface area contributed by atoms with E-state index in [9.17, 15) is 4.79 Å². The van der Waals surface area contributed by atoms with Gasteiger partial charge >= 0.3 is 0 Å². The number of rotatable bonds is 6. The zero-order chi connectivity index (χ0) is 14.2. The Hall–Kier alpha value is -1.87. The maximum absolute atomic E-state index is 11.8. The predicted octanol–water partition coefficient (Wildman–Crippen LogP) is 3.90. The number of benzene rings is 1. The average molecular weight is 285 g/mol. The molecular weight excluding hydrogens is 266 g/mol. The minimum absolute atomic E-state index is 0.0287. The number of hydrogen-bond acceptors (Lipinski definition) is 2. The Morgan fingerprint density at radius 3 is 2.75 bits per heavy atom. The molecule has 2 nitrogen and oxygen atoms in total. The molecule has 0 radical (unpaired) electrons. The molecule has 1 heterocycles. The fourth-order valence-corrected chi connectivity index (χ4v) is 2.55. The SMILES string of the molecule is C[C@H](CCc1ccccc1)NC(=O)/C=C/c1cccs1. The summed E-state index contributed by atoms with van der Waals surface area (Å²) >= 11 is 1.62. The second-order valence-corrected chi connectivity index (χ2v) is 5.76. The Bertz CT molecular complexity index is 546. The maximum Gasteiger partial charge on any atom is 0.244 e. The van der Waals surface area contributed by atoms with E-state index in [0.717, 1.165) is 17.7 Å². The zero-order valence-corrected chi connectivity index (χ0v) is 12.4. The van der Waals surface area contributed by atoms with Crippen molar-refractivity contribution in [3.8, 4) is 0 Å². The number of amides is 1. The van der Waals surface area contributed by atoms with Crippen LogP contribution in [-0.2, 0) is 11.2 Å². The predicted molar refractivity (Wildman–Crippen MR) is 85.7 cm³/mol. The van der Waals surface area contributed by atoms with Crippen molar-refractivity contribution in [2.45, 2.75) is 25.8 Å². The monoisotopic (exact) mass is 285 g/mol. The number of carbonyl (C=O) groups excluding carboxylic acids is 1. The molecule has 0 aliphatic heterocycles. The number of carbonyl (C=O) groups is 1. The second-order valence-electron chi connectivity index (χ2n) is 4.78. The van der Waals surface area contributed by atoms with Crippen LogP contribution in [0.15, 0.2) is 53.9 Å². The highest BCUT2D eigenvalue weighted by atomic mass is 32.1. The van der Waals surface area contributed by atoms with Crippen LogP contribution in [-0.4, -0.2) is 11.9 Å². The lowest BCUT2D eigenvalue weighted by molar-refractivity contribution is -0.117. The molecule has 0 saturated heterocycles. The van der Waals surface area contributed by atoms with Gasteiger partial charge in [0.1, 0.15) is 0 Å². The summed E-state index contributed by atoms with van der Waals surface area (Å²) in [4.78, 5) is 12.9. The largest absolute Gasteiger partial charge is 0.350 e. The highest BCUT2D eigenvalue weighted by molar-refractivity contribution is 7.10. The Balaban J connectivity index is 1.74. The van der Waals surface area contributed by atoms with Gasteiger partial charge in [-0.05, 0) is 42.9 Å². The Morgan fingerprint density at radius 2 is 2.05 bits per heavy atom. The molecule has 104 valence electrons. The molecular formula is C17H19NOS. The summed E-state index contributed by atoms with van der Waals surface area (Å²) < 4.78 is 0. The first-order valence-corrected chi connectivity index (χ1v) is 7.68. The lowest BCUT2D eigenvalue weighted by Crippen LogP contribution is -2.31. The summed E-state index contributed by atoms with van der Waals surface area (Å²) in [5.74, 6) is -0.0287. The van der Waals surface area contributed by atoms with Crippen molar-refractivity contribution in [2.24, 2.45) is 0 Å². The van der Waals surface area contributed by atoms with Crippen LogP contribution in [0.2, 0.25) is 0 Å². The van der Waals surface area contributed by atoms with E-state index < -0.39 is 0 Å². The van der Waals surface area contributed by atoms with Gasteiger partial charge in [0.2, 0.25) is 5.91 Å². The maximum atomic E-state index is 11.8. The molecule has 0 aliphatic rings. The average Bonchev–Trinajstić information content (AvgIpc) is 2.97. The van der Waals surface area contributed by atoms with Gasteiger partial charge in [0, 0.05) is 17.0 Å². The van der Waals surface area contributed by atoms with Crippen LogP contribution in [0.5, 0.6) is 0 Å². The zero-order valence-electron chi connectivity index (χ0n) is 11.6. The summed E-state index contributed by atoms with van der Waals surface area (Å²) in [7, 11) is 0. The number of aryl methyl sites for hydroxylation is 1. The van der Waals surface area contributed by atoms with Crippen molar-refractivity contribution in [3.63, 3.8) is 0 Å². The Morgan fingerprint density at radius 1 is 1.25 bits per heavy atom. The van der Waals surface area contributed by atoms with Gasteiger partial charge in [-0.2, -0.15) is 0 Å². The van der Waals surface area contributed by atoms with E-state index >= 15 is 0 Å². The third kappa shape index (κ3) is 5.02. The molecule has 0 bridgehead atoms. The highest BCUT2D eigenvalue weighted by Crippen LogP contribution is 2.10. The summed E-state index contributed by atoms with van der Waals surface area (Å²) in [5.41, 5.74) is 1.31. The van der Waals surface area contributed by atoms with Crippen LogP contribution in [0.3, 0.4) is 0 Å². The van der Waals surface area contributed by atoms with E-state index in [2.05, 4.69) is 17.4 Å². The highest BCUT2D eigenvalue weighted by Gasteiger charge is 2.05. The van der Waals surface area contributed by atoms with E-state index in [1.165, 1.54) is 5.56 Å². The van der Waals surface area contributed by atoms with Gasteiger partial charge in [0.05, 0.1) is 0 Å². The van der Waals surface area contributed by atoms with Crippen molar-refractivity contribution in [1.29, 1.82) is 0 Å². The molecule has 1 atom stereocenters. The van der Waals surface area contributed by atoms with Gasteiger partial charge < -0.3 is 5.32 Å². The van der Waals surface area contributed by atoms with E-state index in [0.29, 0.717) is 0 Å². The first kappa shape index (κ1) is 14.5. The summed E-state index contributed by atoms with van der Waals surface area (Å²) in [5, 5.41) is 4.99. The van der Waals surface area contributed by atoms with Crippen molar-refractivity contribution in [2.75, 3.05) is 0 Å². The van der Waals surface area contributed by atoms with Crippen LogP contribution in [0.4, 0.5) is 0 Å². The van der Waals surface area contributed by atoms with E-state index in [-0.39, 0.29) is 11.9 Å². The Kier molecular flexibility index (Phi) is 5.56. The topological polar surface area (TPSA) is 29.1 Å². The van der Waals surface area contributed by atoms with E-state index in [4.69, 9.17) is 0 Å². The number of nitrogens with one attached hydrogen (secondary N) is 1. The Labute approximate surface area is 124 Å². The van der Waals surface area contributed by atoms with Crippen LogP contribution in [0.1, 0.15) is 23.8 Å². The quantitative estimate of drug-likeness (QED) is 0.801. The lowest BCUT2D eigenvalue weighted by Gasteiger charge is -2.12. The van der Waals surface area contributed by atoms with Gasteiger partial charge in [0.15, 0.2) is 0 Å². The molecule has 2 rings (SSSR count). The van der Waals surface area contributed by atoms with Gasteiger partial charge in [-0.3, -0.25) is 4.79 Å². The first-order chi connectivity index (χ1) is 9.74. The van der Waals surface area contributed by atoms with Crippen molar-refractivity contribution in [3.05, 3.63) is 64.4 Å². The van der Waals surface area contributed by atoms with Gasteiger partial charge in [-0.1, -0.05) is 36.4 Å². The number of thiophene rings is 1. The summed E-state index contributed by atoms with van der Waals surface area (Å²) in [6.07, 6.45) is 5.38. The van der Waals surface area contributed by atoms with Crippen LogP contribution < -0.4 is 5.32 Å². The van der Waals surface area contributed by atoms with Crippen LogP contribution >= 0.6 is 11.3 Å². The van der Waals surface area contributed by atoms with Crippen molar-refractivity contribution >= 4 is 23.3 Å². The van der Waals surface area contributed by atoms with Gasteiger partial charge in [-0.25, -0.2) is 0 Å². The molecule has 0 spiro atoms. The minimum Gasteiger partial charge on any atom is -0.350 e. The second kappa shape index (κ2) is 7.65. The molecule has 0 saturated carbocycles. The lowest BCUT2D eigenvalue weighted by atomic mass is 10.1. The normalized spacial score (nSPS) is 12.4. The third-order valence-electron chi connectivity index (χ3n) is 3.04. The molecule has 2 aromatic rings. The van der Waals surface area contributed by atoms with Crippen LogP contribution in [0, 0.1) is 0 Å². The third-order valence-corrected chi connectivity index (χ3v) is 3.88.